The van der Waals surface area contributed by atoms with Crippen LogP contribution in [-0.2, 0) is 0 Å². The van der Waals surface area contributed by atoms with Crippen molar-refractivity contribution >= 4 is 0 Å². The van der Waals surface area contributed by atoms with Crippen molar-refractivity contribution in [2.45, 2.75) is 39.8 Å². The third-order valence-corrected chi connectivity index (χ3v) is 2.65. The Balaban J connectivity index is 2.41. The van der Waals surface area contributed by atoms with Crippen LogP contribution in [-0.4, -0.2) is 30.4 Å². The molecule has 3 nitrogen and oxygen atoms in total. The summed E-state index contributed by atoms with van der Waals surface area (Å²) in [7, 11) is 0. The maximum Gasteiger partial charge on any atom is 0.137 e. The summed E-state index contributed by atoms with van der Waals surface area (Å²) in [5.41, 5.74) is 2.28. The van der Waals surface area contributed by atoms with Gasteiger partial charge in [-0.05, 0) is 44.9 Å². The van der Waals surface area contributed by atoms with Gasteiger partial charge in [0.05, 0.1) is 6.04 Å². The Morgan fingerprint density at radius 1 is 1.29 bits per heavy atom. The van der Waals surface area contributed by atoms with Gasteiger partial charge in [0.25, 0.3) is 0 Å². The van der Waals surface area contributed by atoms with Crippen molar-refractivity contribution in [2.24, 2.45) is 0 Å². The summed E-state index contributed by atoms with van der Waals surface area (Å²) < 4.78 is 5.64. The number of hydrogen-bond donors (Lipinski definition) is 2. The van der Waals surface area contributed by atoms with Crippen molar-refractivity contribution in [3.05, 3.63) is 29.3 Å². The molecule has 0 saturated heterocycles. The normalized spacial score (nSPS) is 12.8. The van der Waals surface area contributed by atoms with E-state index in [-0.39, 0.29) is 0 Å². The van der Waals surface area contributed by atoms with Gasteiger partial charge in [0.1, 0.15) is 25.0 Å². The van der Waals surface area contributed by atoms with Crippen molar-refractivity contribution < 1.29 is 15.2 Å². The first kappa shape index (κ1) is 14.0. The molecule has 0 aliphatic carbocycles. The van der Waals surface area contributed by atoms with Crippen molar-refractivity contribution in [2.75, 3.05) is 13.2 Å². The number of aryl methyl sites for hydroxylation is 2. The van der Waals surface area contributed by atoms with Crippen LogP contribution in [0.5, 0.6) is 5.75 Å². The third kappa shape index (κ3) is 5.20. The molecule has 0 bridgehead atoms. The first-order valence-corrected chi connectivity index (χ1v) is 6.20. The second kappa shape index (κ2) is 6.62. The van der Waals surface area contributed by atoms with Crippen molar-refractivity contribution in [1.29, 1.82) is 0 Å². The average Bonchev–Trinajstić information content (AvgIpc) is 2.27. The minimum Gasteiger partial charge on any atom is -0.490 e. The van der Waals surface area contributed by atoms with Crippen molar-refractivity contribution in [3.8, 4) is 5.75 Å². The summed E-state index contributed by atoms with van der Waals surface area (Å²) >= 11 is 0. The van der Waals surface area contributed by atoms with E-state index < -0.39 is 6.10 Å². The number of quaternary nitrogens is 1. The van der Waals surface area contributed by atoms with Crippen LogP contribution in [0.2, 0.25) is 0 Å². The number of aliphatic hydroxyl groups excluding tert-OH is 1. The predicted molar refractivity (Wildman–Crippen MR) is 69.3 cm³/mol. The highest BCUT2D eigenvalue weighted by molar-refractivity contribution is 5.35. The van der Waals surface area contributed by atoms with Gasteiger partial charge in [-0.3, -0.25) is 0 Å². The van der Waals surface area contributed by atoms with E-state index in [0.29, 0.717) is 19.2 Å². The summed E-state index contributed by atoms with van der Waals surface area (Å²) in [5, 5.41) is 11.9. The van der Waals surface area contributed by atoms with E-state index in [1.165, 1.54) is 5.56 Å². The maximum absolute atomic E-state index is 9.76. The van der Waals surface area contributed by atoms with Crippen LogP contribution in [0.3, 0.4) is 0 Å². The van der Waals surface area contributed by atoms with Gasteiger partial charge in [-0.1, -0.05) is 12.1 Å². The second-order valence-corrected chi connectivity index (χ2v) is 4.95. The summed E-state index contributed by atoms with van der Waals surface area (Å²) in [4.78, 5) is 0. The topological polar surface area (TPSA) is 46.1 Å². The van der Waals surface area contributed by atoms with Crippen LogP contribution in [0, 0.1) is 13.8 Å². The van der Waals surface area contributed by atoms with Gasteiger partial charge < -0.3 is 15.2 Å². The zero-order chi connectivity index (χ0) is 12.8. The molecule has 0 aliphatic heterocycles. The highest BCUT2D eigenvalue weighted by Gasteiger charge is 2.09. The molecule has 0 aliphatic rings. The van der Waals surface area contributed by atoms with Gasteiger partial charge in [-0.2, -0.15) is 0 Å². The number of ether oxygens (including phenoxy) is 1. The van der Waals surface area contributed by atoms with Gasteiger partial charge in [-0.25, -0.2) is 0 Å². The Morgan fingerprint density at radius 2 is 2.00 bits per heavy atom. The zero-order valence-corrected chi connectivity index (χ0v) is 11.2. The SMILES string of the molecule is Cc1ccc(C)c(OCC(O)C[NH2+]C(C)C)c1. The molecule has 0 aromatic heterocycles. The van der Waals surface area contributed by atoms with E-state index in [1.807, 2.05) is 26.0 Å². The zero-order valence-electron chi connectivity index (χ0n) is 11.2. The quantitative estimate of drug-likeness (QED) is 0.777. The fraction of sp³-hybridized carbons (Fsp3) is 0.571. The van der Waals surface area contributed by atoms with E-state index in [0.717, 1.165) is 11.3 Å². The van der Waals surface area contributed by atoms with Gasteiger partial charge in [0, 0.05) is 0 Å². The van der Waals surface area contributed by atoms with Crippen molar-refractivity contribution in [3.63, 3.8) is 0 Å². The number of nitrogens with two attached hydrogens (primary N) is 1. The molecule has 0 heterocycles. The molecular weight excluding hydrogens is 214 g/mol. The van der Waals surface area contributed by atoms with E-state index in [2.05, 4.69) is 25.2 Å². The first-order valence-electron chi connectivity index (χ1n) is 6.20. The Morgan fingerprint density at radius 3 is 2.65 bits per heavy atom. The highest BCUT2D eigenvalue weighted by Crippen LogP contribution is 2.18. The molecule has 3 N–H and O–H groups in total. The molecule has 0 saturated carbocycles. The largest absolute Gasteiger partial charge is 0.490 e. The fourth-order valence-electron chi connectivity index (χ4n) is 1.55. The lowest BCUT2D eigenvalue weighted by atomic mass is 10.1. The maximum atomic E-state index is 9.76. The van der Waals surface area contributed by atoms with Crippen LogP contribution in [0.15, 0.2) is 18.2 Å². The lowest BCUT2D eigenvalue weighted by molar-refractivity contribution is -0.688. The number of benzene rings is 1. The van der Waals surface area contributed by atoms with Crippen LogP contribution in [0.25, 0.3) is 0 Å². The molecular formula is C14H24NO2+. The van der Waals surface area contributed by atoms with Gasteiger partial charge in [0.15, 0.2) is 0 Å². The molecule has 17 heavy (non-hydrogen) atoms. The summed E-state index contributed by atoms with van der Waals surface area (Å²) in [5.74, 6) is 0.869. The number of rotatable bonds is 6. The molecule has 1 rings (SSSR count). The Kier molecular flexibility index (Phi) is 5.45. The van der Waals surface area contributed by atoms with E-state index in [1.54, 1.807) is 0 Å². The lowest BCUT2D eigenvalue weighted by Crippen LogP contribution is -2.90. The summed E-state index contributed by atoms with van der Waals surface area (Å²) in [6, 6.07) is 6.61. The number of aliphatic hydroxyl groups is 1. The standard InChI is InChI=1S/C14H23NO2/c1-10(2)15-8-13(16)9-17-14-7-11(3)5-6-12(14)4/h5-7,10,13,15-16H,8-9H2,1-4H3/p+1. The lowest BCUT2D eigenvalue weighted by Gasteiger charge is -2.14. The second-order valence-electron chi connectivity index (χ2n) is 4.95. The molecule has 0 amide bonds. The summed E-state index contributed by atoms with van der Waals surface area (Å²) in [6.45, 7) is 9.31. The monoisotopic (exact) mass is 238 g/mol. The van der Waals surface area contributed by atoms with E-state index >= 15 is 0 Å². The smallest absolute Gasteiger partial charge is 0.137 e. The highest BCUT2D eigenvalue weighted by atomic mass is 16.5. The van der Waals surface area contributed by atoms with Crippen LogP contribution < -0.4 is 10.1 Å². The Bertz CT molecular complexity index is 350. The predicted octanol–water partition coefficient (Wildman–Crippen LogP) is 1.01. The van der Waals surface area contributed by atoms with Crippen LogP contribution in [0.4, 0.5) is 0 Å². The molecule has 0 fully saturated rings. The van der Waals surface area contributed by atoms with E-state index in [9.17, 15) is 5.11 Å². The molecule has 1 aromatic carbocycles. The molecule has 1 aromatic rings. The molecule has 1 unspecified atom stereocenters. The molecule has 3 heteroatoms. The van der Waals surface area contributed by atoms with Gasteiger partial charge >= 0.3 is 0 Å². The summed E-state index contributed by atoms with van der Waals surface area (Å²) in [6.07, 6.45) is -0.419. The minimum atomic E-state index is -0.419. The Labute approximate surface area is 104 Å². The molecule has 0 radical (unpaired) electrons. The van der Waals surface area contributed by atoms with Gasteiger partial charge in [0.2, 0.25) is 0 Å². The van der Waals surface area contributed by atoms with Crippen molar-refractivity contribution in [1.82, 2.24) is 0 Å². The van der Waals surface area contributed by atoms with Crippen LogP contribution in [0.1, 0.15) is 25.0 Å². The first-order chi connectivity index (χ1) is 7.99. The average molecular weight is 238 g/mol. The fourth-order valence-corrected chi connectivity index (χ4v) is 1.55. The Hall–Kier alpha value is -1.06. The van der Waals surface area contributed by atoms with E-state index in [4.69, 9.17) is 4.74 Å². The molecule has 96 valence electrons. The number of hydrogen-bond acceptors (Lipinski definition) is 2. The third-order valence-electron chi connectivity index (χ3n) is 2.65. The van der Waals surface area contributed by atoms with Gasteiger partial charge in [-0.15, -0.1) is 0 Å². The molecule has 1 atom stereocenters. The molecule has 0 spiro atoms. The van der Waals surface area contributed by atoms with Crippen LogP contribution >= 0.6 is 0 Å². The minimum absolute atomic E-state index is 0.355.